The van der Waals surface area contributed by atoms with Crippen molar-refractivity contribution in [2.75, 3.05) is 26.9 Å². The Kier molecular flexibility index (Phi) is 7.46. The molecule has 1 N–H and O–H groups in total. The van der Waals surface area contributed by atoms with E-state index in [2.05, 4.69) is 31.3 Å². The fourth-order valence-corrected chi connectivity index (χ4v) is 1.83. The van der Waals surface area contributed by atoms with Gasteiger partial charge in [0, 0.05) is 25.3 Å². The quantitative estimate of drug-likeness (QED) is 0.684. The molecule has 0 heterocycles. The lowest BCUT2D eigenvalue weighted by molar-refractivity contribution is 0.193. The highest BCUT2D eigenvalue weighted by Gasteiger charge is 2.10. The minimum Gasteiger partial charge on any atom is -0.493 e. The second-order valence-electron chi connectivity index (χ2n) is 4.41. The average Bonchev–Trinajstić information content (AvgIpc) is 2.41. The summed E-state index contributed by atoms with van der Waals surface area (Å²) < 4.78 is 10.8. The van der Waals surface area contributed by atoms with E-state index in [4.69, 9.17) is 9.47 Å². The van der Waals surface area contributed by atoms with Crippen LogP contribution in [-0.4, -0.2) is 26.9 Å². The van der Waals surface area contributed by atoms with Crippen LogP contribution >= 0.6 is 0 Å². The molecule has 0 spiro atoms. The number of ether oxygens (including phenoxy) is 2. The Morgan fingerprint density at radius 1 is 1.22 bits per heavy atom. The van der Waals surface area contributed by atoms with Crippen LogP contribution < -0.4 is 10.1 Å². The maximum atomic E-state index is 5.77. The number of para-hydroxylation sites is 1. The van der Waals surface area contributed by atoms with E-state index in [1.165, 1.54) is 5.56 Å². The van der Waals surface area contributed by atoms with E-state index in [9.17, 15) is 0 Å². The van der Waals surface area contributed by atoms with Crippen molar-refractivity contribution in [2.24, 2.45) is 0 Å². The summed E-state index contributed by atoms with van der Waals surface area (Å²) in [5.74, 6) is 0.992. The van der Waals surface area contributed by atoms with Crippen molar-refractivity contribution in [2.45, 2.75) is 32.7 Å². The molecule has 0 aromatic heterocycles. The second kappa shape index (κ2) is 8.95. The maximum absolute atomic E-state index is 5.77. The Hall–Kier alpha value is -1.06. The van der Waals surface area contributed by atoms with E-state index in [1.807, 2.05) is 12.1 Å². The zero-order valence-electron chi connectivity index (χ0n) is 11.7. The van der Waals surface area contributed by atoms with Gasteiger partial charge in [-0.2, -0.15) is 0 Å². The van der Waals surface area contributed by atoms with Gasteiger partial charge in [0.2, 0.25) is 0 Å². The standard InChI is InChI=1S/C15H25NO2/c1-4-11-18-15-9-6-5-8-14(15)13(2)16-10-7-12-17-3/h5-6,8-9,13,16H,4,7,10-12H2,1-3H3/t13-/m1/s1. The maximum Gasteiger partial charge on any atom is 0.124 e. The lowest BCUT2D eigenvalue weighted by atomic mass is 10.1. The van der Waals surface area contributed by atoms with Crippen LogP contribution in [0.2, 0.25) is 0 Å². The molecule has 18 heavy (non-hydrogen) atoms. The lowest BCUT2D eigenvalue weighted by Crippen LogP contribution is -2.21. The highest BCUT2D eigenvalue weighted by molar-refractivity contribution is 5.35. The molecular formula is C15H25NO2. The van der Waals surface area contributed by atoms with Gasteiger partial charge in [0.25, 0.3) is 0 Å². The van der Waals surface area contributed by atoms with Crippen molar-refractivity contribution >= 4 is 0 Å². The number of hydrogen-bond acceptors (Lipinski definition) is 3. The van der Waals surface area contributed by atoms with Crippen LogP contribution in [0.3, 0.4) is 0 Å². The molecule has 3 nitrogen and oxygen atoms in total. The van der Waals surface area contributed by atoms with E-state index in [0.717, 1.165) is 38.3 Å². The van der Waals surface area contributed by atoms with Crippen molar-refractivity contribution in [3.05, 3.63) is 29.8 Å². The molecule has 1 aromatic rings. The van der Waals surface area contributed by atoms with E-state index in [-0.39, 0.29) is 0 Å². The minimum atomic E-state index is 0.301. The summed E-state index contributed by atoms with van der Waals surface area (Å²) in [6.45, 7) is 6.81. The van der Waals surface area contributed by atoms with E-state index in [1.54, 1.807) is 7.11 Å². The first-order valence-electron chi connectivity index (χ1n) is 6.73. The van der Waals surface area contributed by atoms with Crippen molar-refractivity contribution in [1.82, 2.24) is 5.32 Å². The molecule has 0 saturated carbocycles. The molecule has 0 aliphatic heterocycles. The van der Waals surface area contributed by atoms with E-state index < -0.39 is 0 Å². The fourth-order valence-electron chi connectivity index (χ4n) is 1.83. The Morgan fingerprint density at radius 2 is 2.00 bits per heavy atom. The van der Waals surface area contributed by atoms with Gasteiger partial charge >= 0.3 is 0 Å². The molecule has 102 valence electrons. The Bertz CT molecular complexity index is 328. The van der Waals surface area contributed by atoms with Crippen molar-refractivity contribution < 1.29 is 9.47 Å². The third-order valence-corrected chi connectivity index (χ3v) is 2.82. The first kappa shape index (κ1) is 15.0. The topological polar surface area (TPSA) is 30.5 Å². The summed E-state index contributed by atoms with van der Waals surface area (Å²) in [6, 6.07) is 8.54. The predicted octanol–water partition coefficient (Wildman–Crippen LogP) is 3.16. The van der Waals surface area contributed by atoms with Crippen LogP contribution in [-0.2, 0) is 4.74 Å². The van der Waals surface area contributed by atoms with Crippen LogP contribution in [0.15, 0.2) is 24.3 Å². The molecule has 0 aliphatic carbocycles. The Morgan fingerprint density at radius 3 is 2.72 bits per heavy atom. The summed E-state index contributed by atoms with van der Waals surface area (Å²) >= 11 is 0. The number of methoxy groups -OCH3 is 1. The van der Waals surface area contributed by atoms with Gasteiger partial charge < -0.3 is 14.8 Å². The Labute approximate surface area is 110 Å². The third kappa shape index (κ3) is 5.07. The van der Waals surface area contributed by atoms with Gasteiger partial charge in [0.05, 0.1) is 6.61 Å². The molecule has 0 aliphatic rings. The van der Waals surface area contributed by atoms with Gasteiger partial charge in [0.1, 0.15) is 5.75 Å². The zero-order chi connectivity index (χ0) is 13.2. The molecule has 0 unspecified atom stereocenters. The second-order valence-corrected chi connectivity index (χ2v) is 4.41. The van der Waals surface area contributed by atoms with Crippen LogP contribution in [0.25, 0.3) is 0 Å². The summed E-state index contributed by atoms with van der Waals surface area (Å²) in [5.41, 5.74) is 1.23. The molecule has 0 saturated heterocycles. The average molecular weight is 251 g/mol. The van der Waals surface area contributed by atoms with Crippen LogP contribution in [0.1, 0.15) is 38.3 Å². The van der Waals surface area contributed by atoms with Gasteiger partial charge in [0.15, 0.2) is 0 Å². The van der Waals surface area contributed by atoms with E-state index >= 15 is 0 Å². The monoisotopic (exact) mass is 251 g/mol. The van der Waals surface area contributed by atoms with Crippen LogP contribution in [0, 0.1) is 0 Å². The summed E-state index contributed by atoms with van der Waals surface area (Å²) in [6.07, 6.45) is 2.06. The van der Waals surface area contributed by atoms with Gasteiger partial charge in [-0.25, -0.2) is 0 Å². The smallest absolute Gasteiger partial charge is 0.124 e. The van der Waals surface area contributed by atoms with E-state index in [0.29, 0.717) is 6.04 Å². The highest BCUT2D eigenvalue weighted by Crippen LogP contribution is 2.24. The largest absolute Gasteiger partial charge is 0.493 e. The number of nitrogens with one attached hydrogen (secondary N) is 1. The molecule has 1 rings (SSSR count). The summed E-state index contributed by atoms with van der Waals surface area (Å²) in [4.78, 5) is 0. The molecule has 1 atom stereocenters. The highest BCUT2D eigenvalue weighted by atomic mass is 16.5. The molecule has 0 fully saturated rings. The summed E-state index contributed by atoms with van der Waals surface area (Å²) in [5, 5.41) is 3.49. The fraction of sp³-hybridized carbons (Fsp3) is 0.600. The lowest BCUT2D eigenvalue weighted by Gasteiger charge is -2.18. The van der Waals surface area contributed by atoms with Gasteiger partial charge in [-0.1, -0.05) is 25.1 Å². The molecule has 0 bridgehead atoms. The van der Waals surface area contributed by atoms with Gasteiger partial charge in [-0.05, 0) is 32.4 Å². The summed E-state index contributed by atoms with van der Waals surface area (Å²) in [7, 11) is 1.73. The molecule has 1 aromatic carbocycles. The first-order chi connectivity index (χ1) is 8.79. The minimum absolute atomic E-state index is 0.301. The van der Waals surface area contributed by atoms with Crippen molar-refractivity contribution in [1.29, 1.82) is 0 Å². The van der Waals surface area contributed by atoms with Crippen LogP contribution in [0.5, 0.6) is 5.75 Å². The zero-order valence-corrected chi connectivity index (χ0v) is 11.7. The Balaban J connectivity index is 2.52. The molecule has 0 amide bonds. The molecule has 0 radical (unpaired) electrons. The predicted molar refractivity (Wildman–Crippen MR) is 75.1 cm³/mol. The number of benzene rings is 1. The molecular weight excluding hydrogens is 226 g/mol. The normalized spacial score (nSPS) is 12.4. The van der Waals surface area contributed by atoms with Crippen molar-refractivity contribution in [3.63, 3.8) is 0 Å². The van der Waals surface area contributed by atoms with Crippen molar-refractivity contribution in [3.8, 4) is 5.75 Å². The SMILES string of the molecule is CCCOc1ccccc1[C@@H](C)NCCCOC. The van der Waals surface area contributed by atoms with Crippen LogP contribution in [0.4, 0.5) is 0 Å². The number of rotatable bonds is 9. The van der Waals surface area contributed by atoms with Gasteiger partial charge in [-0.15, -0.1) is 0 Å². The number of hydrogen-bond donors (Lipinski definition) is 1. The third-order valence-electron chi connectivity index (χ3n) is 2.82. The van der Waals surface area contributed by atoms with Gasteiger partial charge in [-0.3, -0.25) is 0 Å². The first-order valence-corrected chi connectivity index (χ1v) is 6.73. The molecule has 3 heteroatoms.